The molecule has 0 saturated heterocycles. The first-order valence-electron chi connectivity index (χ1n) is 8.50. The van der Waals surface area contributed by atoms with Crippen LogP contribution in [0.25, 0.3) is 0 Å². The van der Waals surface area contributed by atoms with E-state index in [1.165, 1.54) is 0 Å². The number of nitrogens with one attached hydrogen (secondary N) is 2. The number of halogens is 1. The van der Waals surface area contributed by atoms with E-state index in [1.807, 2.05) is 50.2 Å². The van der Waals surface area contributed by atoms with Crippen LogP contribution in [0.15, 0.2) is 47.6 Å². The Morgan fingerprint density at radius 2 is 2.12 bits per heavy atom. The molecular formula is C19H25ClN4O. The van der Waals surface area contributed by atoms with Gasteiger partial charge in [-0.3, -0.25) is 4.98 Å². The van der Waals surface area contributed by atoms with Crippen LogP contribution < -0.4 is 15.4 Å². The Bertz CT molecular complexity index is 676. The Labute approximate surface area is 154 Å². The molecule has 25 heavy (non-hydrogen) atoms. The molecule has 0 aliphatic carbocycles. The number of pyridine rings is 1. The first-order chi connectivity index (χ1) is 12.2. The third-order valence-corrected chi connectivity index (χ3v) is 3.71. The molecule has 0 unspecified atom stereocenters. The molecule has 0 aliphatic heterocycles. The highest BCUT2D eigenvalue weighted by Gasteiger charge is 2.01. The zero-order valence-electron chi connectivity index (χ0n) is 14.8. The topological polar surface area (TPSA) is 58.5 Å². The monoisotopic (exact) mass is 360 g/mol. The second kappa shape index (κ2) is 10.6. The van der Waals surface area contributed by atoms with Gasteiger partial charge in [0, 0.05) is 24.3 Å². The molecule has 0 aliphatic rings. The lowest BCUT2D eigenvalue weighted by Gasteiger charge is -2.12. The van der Waals surface area contributed by atoms with Crippen molar-refractivity contribution in [3.05, 3.63) is 58.9 Å². The fraction of sp³-hybridized carbons (Fsp3) is 0.368. The Balaban J connectivity index is 1.73. The number of hydrogen-bond donors (Lipinski definition) is 2. The van der Waals surface area contributed by atoms with Crippen LogP contribution in [0.1, 0.15) is 24.6 Å². The number of guanidine groups is 1. The third kappa shape index (κ3) is 7.01. The molecule has 2 rings (SSSR count). The Morgan fingerprint density at radius 3 is 2.84 bits per heavy atom. The lowest BCUT2D eigenvalue weighted by atomic mass is 10.2. The van der Waals surface area contributed by atoms with Crippen molar-refractivity contribution in [2.24, 2.45) is 4.99 Å². The van der Waals surface area contributed by atoms with Gasteiger partial charge < -0.3 is 15.4 Å². The van der Waals surface area contributed by atoms with E-state index in [2.05, 4.69) is 20.6 Å². The van der Waals surface area contributed by atoms with Gasteiger partial charge in [0.15, 0.2) is 5.96 Å². The first-order valence-corrected chi connectivity index (χ1v) is 8.88. The zero-order valence-corrected chi connectivity index (χ0v) is 15.5. The van der Waals surface area contributed by atoms with E-state index in [4.69, 9.17) is 16.3 Å². The number of aromatic nitrogens is 1. The largest absolute Gasteiger partial charge is 0.493 e. The maximum atomic E-state index is 5.95. The van der Waals surface area contributed by atoms with Gasteiger partial charge in [0.25, 0.3) is 0 Å². The molecule has 6 heteroatoms. The van der Waals surface area contributed by atoms with Crippen molar-refractivity contribution < 1.29 is 4.74 Å². The molecule has 1 aromatic heterocycles. The number of aliphatic imine (C=N–C) groups is 1. The highest BCUT2D eigenvalue weighted by molar-refractivity contribution is 6.30. The highest BCUT2D eigenvalue weighted by Crippen LogP contribution is 2.21. The van der Waals surface area contributed by atoms with Crippen molar-refractivity contribution in [3.8, 4) is 5.75 Å². The Hall–Kier alpha value is -2.27. The second-order valence-corrected chi connectivity index (χ2v) is 5.99. The van der Waals surface area contributed by atoms with Crippen LogP contribution in [0.3, 0.4) is 0 Å². The summed E-state index contributed by atoms with van der Waals surface area (Å²) in [6.45, 7) is 6.82. The standard InChI is InChI=1S/C19H25ClN4O/c1-3-21-19(24-14-17-7-4-5-10-22-17)23-11-6-12-25-18-9-8-16(20)13-15(18)2/h4-5,7-10,13H,3,6,11-12,14H2,1-2H3,(H2,21,23,24). The minimum Gasteiger partial charge on any atom is -0.493 e. The molecule has 2 N–H and O–H groups in total. The summed E-state index contributed by atoms with van der Waals surface area (Å²) in [7, 11) is 0. The van der Waals surface area contributed by atoms with Crippen LogP contribution in [-0.4, -0.2) is 30.6 Å². The summed E-state index contributed by atoms with van der Waals surface area (Å²) in [5.41, 5.74) is 1.99. The van der Waals surface area contributed by atoms with E-state index in [9.17, 15) is 0 Å². The van der Waals surface area contributed by atoms with E-state index in [-0.39, 0.29) is 0 Å². The minimum absolute atomic E-state index is 0.552. The van der Waals surface area contributed by atoms with Crippen molar-refractivity contribution in [3.63, 3.8) is 0 Å². The number of ether oxygens (including phenoxy) is 1. The molecule has 0 spiro atoms. The zero-order chi connectivity index (χ0) is 17.9. The van der Waals surface area contributed by atoms with Crippen LogP contribution in [0.5, 0.6) is 5.75 Å². The van der Waals surface area contributed by atoms with Crippen molar-refractivity contribution in [2.45, 2.75) is 26.8 Å². The van der Waals surface area contributed by atoms with Gasteiger partial charge >= 0.3 is 0 Å². The van der Waals surface area contributed by atoms with Gasteiger partial charge in [-0.25, -0.2) is 4.99 Å². The number of hydrogen-bond acceptors (Lipinski definition) is 3. The van der Waals surface area contributed by atoms with Crippen LogP contribution in [0.2, 0.25) is 5.02 Å². The molecule has 0 atom stereocenters. The first kappa shape index (κ1) is 19.1. The fourth-order valence-corrected chi connectivity index (χ4v) is 2.46. The average molecular weight is 361 g/mol. The van der Waals surface area contributed by atoms with Crippen LogP contribution in [-0.2, 0) is 6.54 Å². The fourth-order valence-electron chi connectivity index (χ4n) is 2.23. The Morgan fingerprint density at radius 1 is 1.24 bits per heavy atom. The summed E-state index contributed by atoms with van der Waals surface area (Å²) in [4.78, 5) is 8.82. The summed E-state index contributed by atoms with van der Waals surface area (Å²) in [5, 5.41) is 7.27. The van der Waals surface area contributed by atoms with E-state index >= 15 is 0 Å². The molecule has 134 valence electrons. The van der Waals surface area contributed by atoms with Crippen molar-refractivity contribution >= 4 is 17.6 Å². The lowest BCUT2D eigenvalue weighted by Crippen LogP contribution is -2.38. The smallest absolute Gasteiger partial charge is 0.191 e. The van der Waals surface area contributed by atoms with Gasteiger partial charge in [0.1, 0.15) is 5.75 Å². The van der Waals surface area contributed by atoms with Crippen molar-refractivity contribution in [1.82, 2.24) is 15.6 Å². The van der Waals surface area contributed by atoms with Gasteiger partial charge in [-0.1, -0.05) is 17.7 Å². The van der Waals surface area contributed by atoms with Crippen LogP contribution >= 0.6 is 11.6 Å². The summed E-state index contributed by atoms with van der Waals surface area (Å²) < 4.78 is 5.79. The summed E-state index contributed by atoms with van der Waals surface area (Å²) in [6, 6.07) is 11.5. The summed E-state index contributed by atoms with van der Waals surface area (Å²) in [6.07, 6.45) is 2.65. The SMILES string of the molecule is CCNC(=NCc1ccccn1)NCCCOc1ccc(Cl)cc1C. The number of benzene rings is 1. The van der Waals surface area contributed by atoms with Gasteiger partial charge in [-0.15, -0.1) is 0 Å². The summed E-state index contributed by atoms with van der Waals surface area (Å²) >= 11 is 5.95. The van der Waals surface area contributed by atoms with Gasteiger partial charge in [0.05, 0.1) is 18.8 Å². The molecule has 0 saturated carbocycles. The highest BCUT2D eigenvalue weighted by atomic mass is 35.5. The predicted molar refractivity (Wildman–Crippen MR) is 103 cm³/mol. The predicted octanol–water partition coefficient (Wildman–Crippen LogP) is 3.57. The van der Waals surface area contributed by atoms with E-state index in [0.29, 0.717) is 13.2 Å². The maximum Gasteiger partial charge on any atom is 0.191 e. The van der Waals surface area contributed by atoms with Crippen molar-refractivity contribution in [2.75, 3.05) is 19.7 Å². The molecule has 0 amide bonds. The number of nitrogens with zero attached hydrogens (tertiary/aromatic N) is 2. The number of aryl methyl sites for hydroxylation is 1. The van der Waals surface area contributed by atoms with E-state index in [1.54, 1.807) is 6.20 Å². The Kier molecular flexibility index (Phi) is 8.05. The molecule has 1 aromatic carbocycles. The lowest BCUT2D eigenvalue weighted by molar-refractivity contribution is 0.309. The maximum absolute atomic E-state index is 5.95. The quantitative estimate of drug-likeness (QED) is 0.429. The number of rotatable bonds is 8. The van der Waals surface area contributed by atoms with Gasteiger partial charge in [-0.05, 0) is 56.2 Å². The molecular weight excluding hydrogens is 336 g/mol. The molecule has 1 heterocycles. The van der Waals surface area contributed by atoms with E-state index in [0.717, 1.165) is 47.5 Å². The molecule has 0 bridgehead atoms. The normalized spacial score (nSPS) is 11.2. The van der Waals surface area contributed by atoms with Crippen LogP contribution in [0.4, 0.5) is 0 Å². The molecule has 2 aromatic rings. The van der Waals surface area contributed by atoms with Gasteiger partial charge in [-0.2, -0.15) is 0 Å². The van der Waals surface area contributed by atoms with Gasteiger partial charge in [0.2, 0.25) is 0 Å². The molecule has 0 fully saturated rings. The van der Waals surface area contributed by atoms with Crippen LogP contribution in [0, 0.1) is 6.92 Å². The molecule has 0 radical (unpaired) electrons. The average Bonchev–Trinajstić information content (AvgIpc) is 2.62. The van der Waals surface area contributed by atoms with E-state index < -0.39 is 0 Å². The third-order valence-electron chi connectivity index (χ3n) is 3.48. The second-order valence-electron chi connectivity index (χ2n) is 5.55. The minimum atomic E-state index is 0.552. The molecule has 5 nitrogen and oxygen atoms in total. The summed E-state index contributed by atoms with van der Waals surface area (Å²) in [5.74, 6) is 1.66. The van der Waals surface area contributed by atoms with Crippen molar-refractivity contribution in [1.29, 1.82) is 0 Å².